The first-order chi connectivity index (χ1) is 9.55. The fourth-order valence-electron chi connectivity index (χ4n) is 1.99. The van der Waals surface area contributed by atoms with Gasteiger partial charge in [-0.1, -0.05) is 11.6 Å². The van der Waals surface area contributed by atoms with Crippen molar-refractivity contribution in [3.8, 4) is 11.5 Å². The third kappa shape index (κ3) is 2.96. The quantitative estimate of drug-likeness (QED) is 0.885. The van der Waals surface area contributed by atoms with Crippen molar-refractivity contribution in [1.82, 2.24) is 5.32 Å². The number of anilines is 1. The Morgan fingerprint density at radius 1 is 1.35 bits per heavy atom. The van der Waals surface area contributed by atoms with Crippen molar-refractivity contribution in [3.63, 3.8) is 0 Å². The predicted molar refractivity (Wildman–Crippen MR) is 74.4 cm³/mol. The van der Waals surface area contributed by atoms with Crippen LogP contribution in [0.2, 0.25) is 5.02 Å². The van der Waals surface area contributed by atoms with Crippen LogP contribution in [0.1, 0.15) is 12.8 Å². The lowest BCUT2D eigenvalue weighted by Gasteiger charge is -2.15. The van der Waals surface area contributed by atoms with Crippen molar-refractivity contribution < 1.29 is 19.1 Å². The number of carbonyl (C=O) groups excluding carboxylic acids is 2. The number of methoxy groups -OCH3 is 2. The number of halogens is 1. The standard InChI is InChI=1S/C13H15ClN2O4/c1-19-10-6-9(11(20-2)5-7(10)14)16-13(18)8-3-4-12(17)15-8/h5-6,8H,3-4H2,1-2H3,(H,15,17)(H,16,18). The molecule has 20 heavy (non-hydrogen) atoms. The summed E-state index contributed by atoms with van der Waals surface area (Å²) in [7, 11) is 2.96. The molecule has 6 nitrogen and oxygen atoms in total. The minimum Gasteiger partial charge on any atom is -0.495 e. The van der Waals surface area contributed by atoms with Crippen LogP contribution in [0.4, 0.5) is 5.69 Å². The van der Waals surface area contributed by atoms with E-state index in [4.69, 9.17) is 21.1 Å². The number of benzene rings is 1. The summed E-state index contributed by atoms with van der Waals surface area (Å²) in [5, 5.41) is 5.70. The van der Waals surface area contributed by atoms with Gasteiger partial charge in [-0.15, -0.1) is 0 Å². The van der Waals surface area contributed by atoms with E-state index in [1.165, 1.54) is 14.2 Å². The van der Waals surface area contributed by atoms with E-state index in [2.05, 4.69) is 10.6 Å². The average Bonchev–Trinajstić information content (AvgIpc) is 2.87. The third-order valence-corrected chi connectivity index (χ3v) is 3.34. The number of rotatable bonds is 4. The maximum atomic E-state index is 12.1. The molecule has 0 saturated carbocycles. The molecule has 1 atom stereocenters. The van der Waals surface area contributed by atoms with Crippen molar-refractivity contribution in [2.24, 2.45) is 0 Å². The van der Waals surface area contributed by atoms with E-state index in [9.17, 15) is 9.59 Å². The zero-order chi connectivity index (χ0) is 14.7. The normalized spacial score (nSPS) is 17.6. The zero-order valence-electron chi connectivity index (χ0n) is 11.2. The van der Waals surface area contributed by atoms with Crippen LogP contribution in [-0.2, 0) is 9.59 Å². The minimum absolute atomic E-state index is 0.120. The van der Waals surface area contributed by atoms with Crippen LogP contribution in [0.5, 0.6) is 11.5 Å². The largest absolute Gasteiger partial charge is 0.495 e. The molecule has 2 rings (SSSR count). The summed E-state index contributed by atoms with van der Waals surface area (Å²) < 4.78 is 10.3. The van der Waals surface area contributed by atoms with Gasteiger partial charge in [0.15, 0.2) is 0 Å². The number of ether oxygens (including phenoxy) is 2. The molecule has 0 aromatic heterocycles. The zero-order valence-corrected chi connectivity index (χ0v) is 11.9. The molecule has 2 N–H and O–H groups in total. The van der Waals surface area contributed by atoms with E-state index in [-0.39, 0.29) is 11.8 Å². The first-order valence-electron chi connectivity index (χ1n) is 6.07. The van der Waals surface area contributed by atoms with Crippen LogP contribution in [0.25, 0.3) is 0 Å². The number of nitrogens with one attached hydrogen (secondary N) is 2. The molecule has 0 radical (unpaired) electrons. The Balaban J connectivity index is 2.19. The lowest BCUT2D eigenvalue weighted by Crippen LogP contribution is -2.37. The molecule has 1 aliphatic rings. The summed E-state index contributed by atoms with van der Waals surface area (Å²) in [6.07, 6.45) is 0.844. The predicted octanol–water partition coefficient (Wildman–Crippen LogP) is 1.57. The molecule has 1 aliphatic heterocycles. The van der Waals surface area contributed by atoms with Gasteiger partial charge < -0.3 is 20.1 Å². The van der Waals surface area contributed by atoms with E-state index in [0.29, 0.717) is 35.1 Å². The summed E-state index contributed by atoms with van der Waals surface area (Å²) >= 11 is 5.99. The molecule has 0 aliphatic carbocycles. The maximum Gasteiger partial charge on any atom is 0.247 e. The molecule has 1 fully saturated rings. The van der Waals surface area contributed by atoms with E-state index >= 15 is 0 Å². The fraction of sp³-hybridized carbons (Fsp3) is 0.385. The molecule has 108 valence electrons. The van der Waals surface area contributed by atoms with Crippen LogP contribution in [0.15, 0.2) is 12.1 Å². The summed E-state index contributed by atoms with van der Waals surface area (Å²) in [4.78, 5) is 23.2. The highest BCUT2D eigenvalue weighted by atomic mass is 35.5. The van der Waals surface area contributed by atoms with Crippen LogP contribution in [0, 0.1) is 0 Å². The smallest absolute Gasteiger partial charge is 0.247 e. The number of amides is 2. The summed E-state index contributed by atoms with van der Waals surface area (Å²) in [5.41, 5.74) is 0.444. The number of carbonyl (C=O) groups is 2. The Kier molecular flexibility index (Phi) is 4.34. The van der Waals surface area contributed by atoms with E-state index in [1.807, 2.05) is 0 Å². The van der Waals surface area contributed by atoms with Crippen molar-refractivity contribution in [2.75, 3.05) is 19.5 Å². The van der Waals surface area contributed by atoms with Crippen LogP contribution < -0.4 is 20.1 Å². The minimum atomic E-state index is -0.520. The lowest BCUT2D eigenvalue weighted by molar-refractivity contribution is -0.122. The van der Waals surface area contributed by atoms with Crippen LogP contribution in [0.3, 0.4) is 0 Å². The lowest BCUT2D eigenvalue weighted by atomic mass is 10.2. The summed E-state index contributed by atoms with van der Waals surface area (Å²) in [5.74, 6) is 0.441. The van der Waals surface area contributed by atoms with Gasteiger partial charge in [-0.05, 0) is 6.42 Å². The maximum absolute atomic E-state index is 12.1. The Morgan fingerprint density at radius 2 is 2.05 bits per heavy atom. The first kappa shape index (κ1) is 14.5. The van der Waals surface area contributed by atoms with Gasteiger partial charge in [0.05, 0.1) is 24.9 Å². The Bertz CT molecular complexity index is 547. The van der Waals surface area contributed by atoms with Crippen molar-refractivity contribution in [1.29, 1.82) is 0 Å². The van der Waals surface area contributed by atoms with Crippen LogP contribution in [-0.4, -0.2) is 32.1 Å². The first-order valence-corrected chi connectivity index (χ1v) is 6.44. The summed E-state index contributed by atoms with van der Waals surface area (Å²) in [6, 6.07) is 2.62. The van der Waals surface area contributed by atoms with Crippen molar-refractivity contribution >= 4 is 29.1 Å². The Hall–Kier alpha value is -1.95. The molecule has 1 saturated heterocycles. The second kappa shape index (κ2) is 6.00. The van der Waals surface area contributed by atoms with Gasteiger partial charge in [-0.3, -0.25) is 9.59 Å². The van der Waals surface area contributed by atoms with E-state index in [1.54, 1.807) is 12.1 Å². The highest BCUT2D eigenvalue weighted by molar-refractivity contribution is 6.32. The average molecular weight is 299 g/mol. The van der Waals surface area contributed by atoms with Gasteiger partial charge in [0, 0.05) is 18.6 Å². The summed E-state index contributed by atoms with van der Waals surface area (Å²) in [6.45, 7) is 0. The monoisotopic (exact) mass is 298 g/mol. The van der Waals surface area contributed by atoms with Crippen LogP contribution >= 0.6 is 11.6 Å². The van der Waals surface area contributed by atoms with E-state index < -0.39 is 6.04 Å². The molecular weight excluding hydrogens is 284 g/mol. The topological polar surface area (TPSA) is 76.7 Å². The van der Waals surface area contributed by atoms with E-state index in [0.717, 1.165) is 0 Å². The fourth-order valence-corrected chi connectivity index (χ4v) is 2.22. The van der Waals surface area contributed by atoms with Crippen molar-refractivity contribution in [2.45, 2.75) is 18.9 Å². The molecule has 7 heteroatoms. The van der Waals surface area contributed by atoms with Gasteiger partial charge in [0.2, 0.25) is 11.8 Å². The number of hydrogen-bond acceptors (Lipinski definition) is 4. The van der Waals surface area contributed by atoms with Gasteiger partial charge in [0.1, 0.15) is 17.5 Å². The molecule has 1 heterocycles. The molecule has 1 aromatic rings. The molecular formula is C13H15ClN2O4. The Labute approximate surface area is 121 Å². The molecule has 0 spiro atoms. The second-order valence-electron chi connectivity index (χ2n) is 4.34. The van der Waals surface area contributed by atoms with Gasteiger partial charge in [-0.2, -0.15) is 0 Å². The van der Waals surface area contributed by atoms with Crippen molar-refractivity contribution in [3.05, 3.63) is 17.2 Å². The SMILES string of the molecule is COc1cc(NC(=O)C2CCC(=O)N2)c(OC)cc1Cl. The highest BCUT2D eigenvalue weighted by Gasteiger charge is 2.27. The second-order valence-corrected chi connectivity index (χ2v) is 4.74. The third-order valence-electron chi connectivity index (χ3n) is 3.04. The van der Waals surface area contributed by atoms with Gasteiger partial charge >= 0.3 is 0 Å². The van der Waals surface area contributed by atoms with Gasteiger partial charge in [-0.25, -0.2) is 0 Å². The molecule has 0 bridgehead atoms. The Morgan fingerprint density at radius 3 is 2.60 bits per heavy atom. The number of hydrogen-bond donors (Lipinski definition) is 2. The molecule has 1 unspecified atom stereocenters. The van der Waals surface area contributed by atoms with Gasteiger partial charge in [0.25, 0.3) is 0 Å². The molecule has 1 aromatic carbocycles. The highest BCUT2D eigenvalue weighted by Crippen LogP contribution is 2.36. The molecule has 2 amide bonds.